The van der Waals surface area contributed by atoms with Crippen LogP contribution in [0.4, 0.5) is 4.39 Å². The average molecular weight is 323 g/mol. The number of piperidine rings is 1. The third-order valence-corrected chi connectivity index (χ3v) is 4.55. The number of aryl methyl sites for hydroxylation is 1. The number of rotatable bonds is 4. The molecular formula is C17H22FNO4. The monoisotopic (exact) mass is 323 g/mol. The lowest BCUT2D eigenvalue weighted by Gasteiger charge is -2.43. The lowest BCUT2D eigenvalue weighted by Crippen LogP contribution is -2.57. The highest BCUT2D eigenvalue weighted by Gasteiger charge is 2.49. The number of aliphatic hydroxyl groups excluding tert-OH is 1. The zero-order valence-electron chi connectivity index (χ0n) is 13.4. The molecule has 2 atom stereocenters. The summed E-state index contributed by atoms with van der Waals surface area (Å²) in [5.41, 5.74) is -0.745. The third-order valence-electron chi connectivity index (χ3n) is 4.55. The summed E-state index contributed by atoms with van der Waals surface area (Å²) in [6, 6.07) is 4.34. The summed E-state index contributed by atoms with van der Waals surface area (Å²) in [5.74, 6) is -2.26. The van der Waals surface area contributed by atoms with Gasteiger partial charge in [-0.25, -0.2) is 4.39 Å². The number of aliphatic carboxylic acids is 1. The van der Waals surface area contributed by atoms with Crippen LogP contribution in [0.2, 0.25) is 0 Å². The van der Waals surface area contributed by atoms with Crippen molar-refractivity contribution in [2.24, 2.45) is 5.41 Å². The minimum absolute atomic E-state index is 0.0669. The molecule has 2 N–H and O–H groups in total. The Labute approximate surface area is 134 Å². The first kappa shape index (κ1) is 17.4. The molecule has 0 saturated carbocycles. The summed E-state index contributed by atoms with van der Waals surface area (Å²) in [4.78, 5) is 25.6. The molecule has 0 aromatic heterocycles. The Morgan fingerprint density at radius 1 is 1.43 bits per heavy atom. The first-order valence-corrected chi connectivity index (χ1v) is 7.78. The van der Waals surface area contributed by atoms with Gasteiger partial charge in [0.1, 0.15) is 11.2 Å². The van der Waals surface area contributed by atoms with E-state index in [1.165, 1.54) is 17.0 Å². The summed E-state index contributed by atoms with van der Waals surface area (Å²) in [6.45, 7) is 3.67. The van der Waals surface area contributed by atoms with Crippen molar-refractivity contribution in [2.75, 3.05) is 13.1 Å². The van der Waals surface area contributed by atoms with E-state index < -0.39 is 29.2 Å². The summed E-state index contributed by atoms with van der Waals surface area (Å²) in [6.07, 6.45) is 0.00582. The molecule has 0 spiro atoms. The summed E-state index contributed by atoms with van der Waals surface area (Å²) >= 11 is 0. The van der Waals surface area contributed by atoms with Crippen molar-refractivity contribution in [3.8, 4) is 0 Å². The quantitative estimate of drug-likeness (QED) is 0.890. The van der Waals surface area contributed by atoms with E-state index in [2.05, 4.69) is 0 Å². The Morgan fingerprint density at radius 2 is 2.13 bits per heavy atom. The van der Waals surface area contributed by atoms with Crippen molar-refractivity contribution in [2.45, 2.75) is 39.2 Å². The minimum Gasteiger partial charge on any atom is -0.481 e. The average Bonchev–Trinajstić information content (AvgIpc) is 2.49. The number of carboxylic acid groups (broad SMARTS) is 1. The molecule has 0 unspecified atom stereocenters. The number of carbonyl (C=O) groups excluding carboxylic acids is 1. The number of hydrogen-bond donors (Lipinski definition) is 2. The van der Waals surface area contributed by atoms with Gasteiger partial charge in [-0.05, 0) is 37.5 Å². The van der Waals surface area contributed by atoms with Gasteiger partial charge in [-0.15, -0.1) is 0 Å². The molecule has 2 rings (SSSR count). The van der Waals surface area contributed by atoms with E-state index in [9.17, 15) is 24.2 Å². The van der Waals surface area contributed by atoms with E-state index in [1.54, 1.807) is 13.0 Å². The maximum Gasteiger partial charge on any atom is 0.314 e. The summed E-state index contributed by atoms with van der Waals surface area (Å²) < 4.78 is 14.0. The van der Waals surface area contributed by atoms with Gasteiger partial charge in [0.2, 0.25) is 0 Å². The highest BCUT2D eigenvalue weighted by molar-refractivity contribution is 5.95. The van der Waals surface area contributed by atoms with Crippen molar-refractivity contribution in [1.82, 2.24) is 4.90 Å². The fourth-order valence-corrected chi connectivity index (χ4v) is 3.23. The van der Waals surface area contributed by atoms with Crippen molar-refractivity contribution in [3.63, 3.8) is 0 Å². The van der Waals surface area contributed by atoms with Gasteiger partial charge in [0.05, 0.1) is 11.7 Å². The normalized spacial score (nSPS) is 24.5. The van der Waals surface area contributed by atoms with Gasteiger partial charge in [0.15, 0.2) is 0 Å². The Kier molecular flexibility index (Phi) is 5.04. The van der Waals surface area contributed by atoms with Gasteiger partial charge >= 0.3 is 5.97 Å². The van der Waals surface area contributed by atoms with Crippen LogP contribution in [0.25, 0.3) is 0 Å². The molecule has 1 saturated heterocycles. The van der Waals surface area contributed by atoms with Crippen LogP contribution in [0.5, 0.6) is 0 Å². The topological polar surface area (TPSA) is 77.8 Å². The number of carboxylic acids is 1. The number of aliphatic hydroxyl groups is 1. The predicted molar refractivity (Wildman–Crippen MR) is 82.6 cm³/mol. The standard InChI is InChI=1S/C17H22FNO4/c1-3-7-17(16(22)23)10-19(8-6-14(17)20)15(21)12-5-4-11(2)9-13(12)18/h4-5,9,14,20H,3,6-8,10H2,1-2H3,(H,22,23)/t14-,17-/m1/s1. The second kappa shape index (κ2) is 6.66. The van der Waals surface area contributed by atoms with Gasteiger partial charge in [-0.1, -0.05) is 19.4 Å². The number of benzene rings is 1. The molecule has 5 nitrogen and oxygen atoms in total. The largest absolute Gasteiger partial charge is 0.481 e. The van der Waals surface area contributed by atoms with Gasteiger partial charge in [0, 0.05) is 13.1 Å². The van der Waals surface area contributed by atoms with Crippen LogP contribution < -0.4 is 0 Å². The summed E-state index contributed by atoms with van der Waals surface area (Å²) in [5, 5.41) is 19.8. The van der Waals surface area contributed by atoms with Crippen LogP contribution in [-0.2, 0) is 4.79 Å². The third kappa shape index (κ3) is 3.22. The Bertz CT molecular complexity index is 619. The molecule has 1 aliphatic rings. The van der Waals surface area contributed by atoms with Crippen LogP contribution in [0.15, 0.2) is 18.2 Å². The van der Waals surface area contributed by atoms with Crippen LogP contribution in [-0.4, -0.2) is 46.2 Å². The van der Waals surface area contributed by atoms with Crippen LogP contribution in [0.3, 0.4) is 0 Å². The molecule has 1 aromatic carbocycles. The van der Waals surface area contributed by atoms with Crippen LogP contribution in [0.1, 0.15) is 42.1 Å². The molecule has 1 fully saturated rings. The van der Waals surface area contributed by atoms with Crippen molar-refractivity contribution in [3.05, 3.63) is 35.1 Å². The van der Waals surface area contributed by atoms with Gasteiger partial charge in [0.25, 0.3) is 5.91 Å². The van der Waals surface area contributed by atoms with E-state index >= 15 is 0 Å². The van der Waals surface area contributed by atoms with Crippen molar-refractivity contribution < 1.29 is 24.2 Å². The molecule has 0 aliphatic carbocycles. The van der Waals surface area contributed by atoms with E-state index in [1.807, 2.05) is 6.92 Å². The highest BCUT2D eigenvalue weighted by atomic mass is 19.1. The zero-order chi connectivity index (χ0) is 17.2. The highest BCUT2D eigenvalue weighted by Crippen LogP contribution is 2.36. The van der Waals surface area contributed by atoms with Gasteiger partial charge < -0.3 is 15.1 Å². The molecule has 23 heavy (non-hydrogen) atoms. The fourth-order valence-electron chi connectivity index (χ4n) is 3.23. The number of nitrogens with zero attached hydrogens (tertiary/aromatic N) is 1. The first-order chi connectivity index (χ1) is 10.8. The second-order valence-corrected chi connectivity index (χ2v) is 6.23. The maximum absolute atomic E-state index is 14.0. The second-order valence-electron chi connectivity index (χ2n) is 6.23. The van der Waals surface area contributed by atoms with Crippen LogP contribution >= 0.6 is 0 Å². The molecular weight excluding hydrogens is 301 g/mol. The van der Waals surface area contributed by atoms with Gasteiger partial charge in [-0.2, -0.15) is 0 Å². The smallest absolute Gasteiger partial charge is 0.314 e. The number of hydrogen-bond acceptors (Lipinski definition) is 3. The maximum atomic E-state index is 14.0. The van der Waals surface area contributed by atoms with E-state index in [4.69, 9.17) is 0 Å². The lowest BCUT2D eigenvalue weighted by atomic mass is 9.74. The van der Waals surface area contributed by atoms with Crippen LogP contribution in [0, 0.1) is 18.2 Å². The molecule has 1 aliphatic heterocycles. The van der Waals surface area contributed by atoms with Crippen molar-refractivity contribution in [1.29, 1.82) is 0 Å². The van der Waals surface area contributed by atoms with E-state index in [0.29, 0.717) is 12.0 Å². The summed E-state index contributed by atoms with van der Waals surface area (Å²) in [7, 11) is 0. The Morgan fingerprint density at radius 3 is 2.70 bits per heavy atom. The molecule has 0 bridgehead atoms. The minimum atomic E-state index is -1.39. The number of amides is 1. The SMILES string of the molecule is CCC[C@@]1(C(=O)O)CN(C(=O)c2ccc(C)cc2F)CC[C@H]1O. The fraction of sp³-hybridized carbons (Fsp3) is 0.529. The number of halogens is 1. The number of likely N-dealkylation sites (tertiary alicyclic amines) is 1. The molecule has 126 valence electrons. The Hall–Kier alpha value is -1.95. The molecule has 1 amide bonds. The Balaban J connectivity index is 2.30. The van der Waals surface area contributed by atoms with Crippen molar-refractivity contribution >= 4 is 11.9 Å². The molecule has 0 radical (unpaired) electrons. The zero-order valence-corrected chi connectivity index (χ0v) is 13.4. The van der Waals surface area contributed by atoms with Gasteiger partial charge in [-0.3, -0.25) is 9.59 Å². The lowest BCUT2D eigenvalue weighted by molar-refractivity contribution is -0.162. The molecule has 1 aromatic rings. The predicted octanol–water partition coefficient (Wildman–Crippen LogP) is 2.21. The number of carbonyl (C=O) groups is 2. The first-order valence-electron chi connectivity index (χ1n) is 7.78. The van der Waals surface area contributed by atoms with E-state index in [-0.39, 0.29) is 31.5 Å². The van der Waals surface area contributed by atoms with E-state index in [0.717, 1.165) is 0 Å². The molecule has 1 heterocycles. The molecule has 6 heteroatoms.